The maximum Gasteiger partial charge on any atom is 0.0643 e. The van der Waals surface area contributed by atoms with Crippen LogP contribution in [0.15, 0.2) is 237 Å². The van der Waals surface area contributed by atoms with Crippen LogP contribution in [-0.2, 0) is 0 Å². The van der Waals surface area contributed by atoms with Gasteiger partial charge in [0.1, 0.15) is 0 Å². The predicted octanol–water partition coefficient (Wildman–Crippen LogP) is 16.5. The number of nitrogens with zero attached hydrogens (tertiary/aromatic N) is 2. The first-order valence-electron chi connectivity index (χ1n) is 22.0. The number of rotatable bonds is 7. The van der Waals surface area contributed by atoms with E-state index < -0.39 is 0 Å². The fourth-order valence-corrected chi connectivity index (χ4v) is 10.2. The van der Waals surface area contributed by atoms with Gasteiger partial charge in [0, 0.05) is 27.8 Å². The number of para-hydroxylation sites is 2. The molecule has 0 bridgehead atoms. The van der Waals surface area contributed by atoms with Gasteiger partial charge in [0.05, 0.1) is 16.6 Å². The Morgan fingerprint density at radius 2 is 1.06 bits per heavy atom. The van der Waals surface area contributed by atoms with Gasteiger partial charge in [-0.1, -0.05) is 182 Å². The predicted molar refractivity (Wildman–Crippen MR) is 269 cm³/mol. The van der Waals surface area contributed by atoms with Crippen LogP contribution in [-0.4, -0.2) is 10.1 Å². The highest BCUT2D eigenvalue weighted by atomic mass is 15.2. The lowest BCUT2D eigenvalue weighted by Crippen LogP contribution is -2.42. The second-order valence-electron chi connectivity index (χ2n) is 17.1. The maximum atomic E-state index is 2.55. The molecule has 0 N–H and O–H groups in total. The Morgan fingerprint density at radius 1 is 0.429 bits per heavy atom. The normalized spacial score (nSPS) is 15.1. The Morgan fingerprint density at radius 3 is 1.89 bits per heavy atom. The number of aromatic nitrogens is 1. The van der Waals surface area contributed by atoms with E-state index in [0.29, 0.717) is 0 Å². The van der Waals surface area contributed by atoms with Crippen LogP contribution < -0.4 is 4.90 Å². The van der Waals surface area contributed by atoms with Gasteiger partial charge in [0.2, 0.25) is 0 Å². The molecule has 0 saturated carbocycles. The van der Waals surface area contributed by atoms with Crippen LogP contribution in [0.4, 0.5) is 11.4 Å². The SMILES string of the molecule is CC1(N(c2ccc(-c3cccc4ccccc34)cc2)c2cccc(-c3cccc4c3c3ccccc3n4-c3ccccc3)c2)C=CC(c2ccc3c(ccc4ccccc43)c2)=CC1. The monoisotopic (exact) mass is 804 g/mol. The smallest absolute Gasteiger partial charge is 0.0643 e. The molecule has 0 radical (unpaired) electrons. The van der Waals surface area contributed by atoms with E-state index in [4.69, 9.17) is 0 Å². The second kappa shape index (κ2) is 14.9. The molecule has 1 aromatic heterocycles. The van der Waals surface area contributed by atoms with Gasteiger partial charge in [0.25, 0.3) is 0 Å². The van der Waals surface area contributed by atoms with Crippen LogP contribution in [0.2, 0.25) is 0 Å². The Balaban J connectivity index is 0.973. The van der Waals surface area contributed by atoms with Gasteiger partial charge in [-0.2, -0.15) is 0 Å². The lowest BCUT2D eigenvalue weighted by atomic mass is 9.85. The van der Waals surface area contributed by atoms with Crippen LogP contribution >= 0.6 is 0 Å². The minimum atomic E-state index is -0.356. The largest absolute Gasteiger partial charge is 0.332 e. The van der Waals surface area contributed by atoms with Gasteiger partial charge < -0.3 is 9.47 Å². The summed E-state index contributed by atoms with van der Waals surface area (Å²) in [6, 6.07) is 80.0. The van der Waals surface area contributed by atoms with Crippen molar-refractivity contribution in [3.05, 3.63) is 242 Å². The lowest BCUT2D eigenvalue weighted by Gasteiger charge is -2.42. The maximum absolute atomic E-state index is 2.55. The summed E-state index contributed by atoms with van der Waals surface area (Å²) < 4.78 is 2.40. The van der Waals surface area contributed by atoms with Crippen LogP contribution in [0.25, 0.3) is 87.6 Å². The average molecular weight is 805 g/mol. The number of fused-ring (bicyclic) bond motifs is 7. The van der Waals surface area contributed by atoms with Crippen molar-refractivity contribution in [1.29, 1.82) is 0 Å². The molecule has 1 heterocycles. The van der Waals surface area contributed by atoms with E-state index in [1.54, 1.807) is 0 Å². The van der Waals surface area contributed by atoms with Gasteiger partial charge in [0.15, 0.2) is 0 Å². The number of allylic oxidation sites excluding steroid dienone is 2. The molecule has 0 spiro atoms. The quantitative estimate of drug-likeness (QED) is 0.146. The molecule has 12 rings (SSSR count). The van der Waals surface area contributed by atoms with Gasteiger partial charge in [-0.3, -0.25) is 0 Å². The van der Waals surface area contributed by atoms with Crippen molar-refractivity contribution in [3.63, 3.8) is 0 Å². The molecule has 1 unspecified atom stereocenters. The first kappa shape index (κ1) is 36.9. The summed E-state index contributed by atoms with van der Waals surface area (Å²) >= 11 is 0. The number of hydrogen-bond donors (Lipinski definition) is 0. The summed E-state index contributed by atoms with van der Waals surface area (Å²) in [5.41, 5.74) is 12.9. The number of anilines is 2. The highest BCUT2D eigenvalue weighted by Gasteiger charge is 2.33. The van der Waals surface area contributed by atoms with Gasteiger partial charge in [-0.05, 0) is 134 Å². The zero-order chi connectivity index (χ0) is 41.9. The topological polar surface area (TPSA) is 8.17 Å². The summed E-state index contributed by atoms with van der Waals surface area (Å²) in [7, 11) is 0. The van der Waals surface area contributed by atoms with Crippen LogP contribution in [0.1, 0.15) is 18.9 Å². The average Bonchev–Trinajstić information content (AvgIpc) is 3.69. The van der Waals surface area contributed by atoms with Crippen molar-refractivity contribution >= 4 is 71.1 Å². The molecule has 0 amide bonds. The van der Waals surface area contributed by atoms with E-state index in [-0.39, 0.29) is 5.54 Å². The van der Waals surface area contributed by atoms with E-state index >= 15 is 0 Å². The van der Waals surface area contributed by atoms with Crippen LogP contribution in [0, 0.1) is 0 Å². The van der Waals surface area contributed by atoms with E-state index in [1.807, 2.05) is 0 Å². The van der Waals surface area contributed by atoms with Crippen LogP contribution in [0.5, 0.6) is 0 Å². The molecule has 1 aliphatic rings. The van der Waals surface area contributed by atoms with Crippen molar-refractivity contribution in [2.45, 2.75) is 18.9 Å². The van der Waals surface area contributed by atoms with E-state index in [1.165, 1.54) is 87.5 Å². The fourth-order valence-electron chi connectivity index (χ4n) is 10.2. The van der Waals surface area contributed by atoms with Crippen molar-refractivity contribution in [2.75, 3.05) is 4.90 Å². The molecule has 2 heteroatoms. The highest BCUT2D eigenvalue weighted by molar-refractivity contribution is 6.16. The van der Waals surface area contributed by atoms with E-state index in [0.717, 1.165) is 23.5 Å². The number of hydrogen-bond acceptors (Lipinski definition) is 1. The summed E-state index contributed by atoms with van der Waals surface area (Å²) in [6.45, 7) is 2.38. The number of benzene rings is 10. The van der Waals surface area contributed by atoms with Crippen molar-refractivity contribution in [2.24, 2.45) is 0 Å². The third kappa shape index (κ3) is 6.25. The van der Waals surface area contributed by atoms with Gasteiger partial charge in [-0.15, -0.1) is 0 Å². The summed E-state index contributed by atoms with van der Waals surface area (Å²) in [6.07, 6.45) is 8.03. The van der Waals surface area contributed by atoms with E-state index in [9.17, 15) is 0 Å². The first-order chi connectivity index (χ1) is 31.1. The molecule has 1 atom stereocenters. The first-order valence-corrected chi connectivity index (χ1v) is 22.0. The lowest BCUT2D eigenvalue weighted by molar-refractivity contribution is 0.571. The third-order valence-electron chi connectivity index (χ3n) is 13.3. The minimum absolute atomic E-state index is 0.356. The highest BCUT2D eigenvalue weighted by Crippen LogP contribution is 2.44. The zero-order valence-electron chi connectivity index (χ0n) is 35.1. The Bertz CT molecular complexity index is 3600. The molecule has 298 valence electrons. The Kier molecular flexibility index (Phi) is 8.72. The molecular formula is C61H44N2. The summed E-state index contributed by atoms with van der Waals surface area (Å²) in [5, 5.41) is 10.2. The van der Waals surface area contributed by atoms with Crippen molar-refractivity contribution < 1.29 is 0 Å². The van der Waals surface area contributed by atoms with Crippen LogP contribution in [0.3, 0.4) is 0 Å². The summed E-state index contributed by atoms with van der Waals surface area (Å²) in [5.74, 6) is 0. The van der Waals surface area contributed by atoms with Gasteiger partial charge >= 0.3 is 0 Å². The molecular weight excluding hydrogens is 761 g/mol. The molecule has 0 aliphatic heterocycles. The summed E-state index contributed by atoms with van der Waals surface area (Å²) in [4.78, 5) is 2.55. The standard InChI is InChI=1S/C61H44N2/c1-61(38-36-42(37-39-61)46-32-35-55-48(40-46)29-28-44-15-6-8-22-53(44)55)63(50-33-30-45(31-34-50)54-24-12-16-43-14-5-7-21-52(43)54)51-20-11-17-47(41-51)56-25-13-27-59-60(56)57-23-9-10-26-58(57)62(59)49-18-3-2-4-19-49/h2-38,40-41H,39H2,1H3. The molecule has 2 nitrogen and oxygen atoms in total. The molecule has 63 heavy (non-hydrogen) atoms. The molecule has 1 aliphatic carbocycles. The van der Waals surface area contributed by atoms with E-state index in [2.05, 4.69) is 253 Å². The molecule has 11 aromatic rings. The molecule has 0 fully saturated rings. The fraction of sp³-hybridized carbons (Fsp3) is 0.0492. The molecule has 0 saturated heterocycles. The third-order valence-corrected chi connectivity index (χ3v) is 13.3. The van der Waals surface area contributed by atoms with Gasteiger partial charge in [-0.25, -0.2) is 0 Å². The zero-order valence-corrected chi connectivity index (χ0v) is 35.1. The Hall–Kier alpha value is -7.94. The van der Waals surface area contributed by atoms with Crippen molar-refractivity contribution in [1.82, 2.24) is 4.57 Å². The Labute approximate surface area is 367 Å². The minimum Gasteiger partial charge on any atom is -0.332 e. The molecule has 10 aromatic carbocycles. The second-order valence-corrected chi connectivity index (χ2v) is 17.1. The van der Waals surface area contributed by atoms with Crippen molar-refractivity contribution in [3.8, 4) is 27.9 Å².